The fourth-order valence-electron chi connectivity index (χ4n) is 3.64. The number of rotatable bonds is 8. The molecule has 0 unspecified atom stereocenters. The molecule has 3 rings (SSSR count). The third-order valence-corrected chi connectivity index (χ3v) is 5.52. The van der Waals surface area contributed by atoms with Crippen LogP contribution in [0.15, 0.2) is 54.6 Å². The number of aliphatic hydroxyl groups excluding tert-OH is 1. The number of likely N-dealkylation sites (tertiary alicyclic amines) is 1. The maximum Gasteiger partial charge on any atom is 0.228 e. The average molecular weight is 417 g/mol. The molecule has 6 heteroatoms. The van der Waals surface area contributed by atoms with Gasteiger partial charge < -0.3 is 15.2 Å². The third-order valence-electron chi connectivity index (χ3n) is 5.26. The lowest BCUT2D eigenvalue weighted by atomic mass is 9.96. The van der Waals surface area contributed by atoms with E-state index in [0.717, 1.165) is 30.6 Å². The van der Waals surface area contributed by atoms with Gasteiger partial charge >= 0.3 is 0 Å². The van der Waals surface area contributed by atoms with Crippen LogP contribution in [0.4, 0.5) is 5.69 Å². The minimum absolute atomic E-state index is 0.0444. The number of hydrogen-bond acceptors (Lipinski definition) is 4. The van der Waals surface area contributed by atoms with Crippen LogP contribution in [-0.2, 0) is 9.53 Å². The number of aliphatic hydroxyl groups is 1. The number of nitrogens with one attached hydrogen (secondary N) is 1. The van der Waals surface area contributed by atoms with Crippen molar-refractivity contribution in [2.75, 3.05) is 31.6 Å². The minimum atomic E-state index is -0.597. The van der Waals surface area contributed by atoms with Crippen molar-refractivity contribution in [3.63, 3.8) is 0 Å². The van der Waals surface area contributed by atoms with Crippen molar-refractivity contribution in [2.45, 2.75) is 32.0 Å². The molecule has 3 atom stereocenters. The number of halogens is 1. The van der Waals surface area contributed by atoms with Crippen LogP contribution in [0.2, 0.25) is 5.02 Å². The van der Waals surface area contributed by atoms with Gasteiger partial charge in [0.15, 0.2) is 0 Å². The highest BCUT2D eigenvalue weighted by atomic mass is 35.5. The molecule has 0 saturated carbocycles. The van der Waals surface area contributed by atoms with Crippen molar-refractivity contribution in [3.05, 3.63) is 65.2 Å². The first-order chi connectivity index (χ1) is 14.0. The summed E-state index contributed by atoms with van der Waals surface area (Å²) in [4.78, 5) is 14.7. The lowest BCUT2D eigenvalue weighted by Gasteiger charge is -2.33. The molecule has 1 aliphatic rings. The van der Waals surface area contributed by atoms with Crippen molar-refractivity contribution in [1.29, 1.82) is 0 Å². The van der Waals surface area contributed by atoms with Gasteiger partial charge in [-0.2, -0.15) is 0 Å². The van der Waals surface area contributed by atoms with Gasteiger partial charge in [-0.1, -0.05) is 41.9 Å². The summed E-state index contributed by atoms with van der Waals surface area (Å²) in [6.45, 7) is 4.26. The van der Waals surface area contributed by atoms with Crippen LogP contribution in [0.5, 0.6) is 0 Å². The number of piperidine rings is 1. The van der Waals surface area contributed by atoms with Gasteiger partial charge in [0.2, 0.25) is 5.91 Å². The molecule has 2 N–H and O–H groups in total. The Morgan fingerprint density at radius 1 is 1.24 bits per heavy atom. The fourth-order valence-corrected chi connectivity index (χ4v) is 3.76. The molecule has 0 bridgehead atoms. The molecular weight excluding hydrogens is 388 g/mol. The van der Waals surface area contributed by atoms with Crippen molar-refractivity contribution in [3.8, 4) is 0 Å². The number of benzene rings is 2. The summed E-state index contributed by atoms with van der Waals surface area (Å²) in [6, 6.07) is 17.1. The highest BCUT2D eigenvalue weighted by Crippen LogP contribution is 2.21. The molecule has 0 aliphatic carbocycles. The van der Waals surface area contributed by atoms with Crippen molar-refractivity contribution >= 4 is 23.2 Å². The molecule has 1 fully saturated rings. The first-order valence-electron chi connectivity index (χ1n) is 10.1. The minimum Gasteiger partial charge on any atom is -0.389 e. The first kappa shape index (κ1) is 21.8. The van der Waals surface area contributed by atoms with Gasteiger partial charge in [-0.15, -0.1) is 0 Å². The average Bonchev–Trinajstić information content (AvgIpc) is 2.73. The molecule has 0 radical (unpaired) electrons. The second-order valence-electron chi connectivity index (χ2n) is 7.63. The van der Waals surface area contributed by atoms with E-state index in [1.807, 2.05) is 61.5 Å². The van der Waals surface area contributed by atoms with E-state index in [4.69, 9.17) is 16.3 Å². The third kappa shape index (κ3) is 6.82. The Morgan fingerprint density at radius 3 is 2.69 bits per heavy atom. The van der Waals surface area contributed by atoms with E-state index in [1.165, 1.54) is 0 Å². The van der Waals surface area contributed by atoms with E-state index in [-0.39, 0.29) is 24.5 Å². The Labute approximate surface area is 177 Å². The van der Waals surface area contributed by atoms with Crippen LogP contribution >= 0.6 is 11.6 Å². The first-order valence-corrected chi connectivity index (χ1v) is 10.5. The molecule has 1 amide bonds. The maximum atomic E-state index is 12.6. The molecule has 1 aliphatic heterocycles. The van der Waals surface area contributed by atoms with Crippen LogP contribution in [0, 0.1) is 5.92 Å². The van der Waals surface area contributed by atoms with Crippen LogP contribution in [0.3, 0.4) is 0 Å². The number of carbonyl (C=O) groups is 1. The highest BCUT2D eigenvalue weighted by Gasteiger charge is 2.27. The molecule has 1 saturated heterocycles. The van der Waals surface area contributed by atoms with Crippen LogP contribution in [0.25, 0.3) is 0 Å². The number of ether oxygens (including phenoxy) is 1. The van der Waals surface area contributed by atoms with E-state index in [9.17, 15) is 9.90 Å². The van der Waals surface area contributed by atoms with Gasteiger partial charge in [-0.25, -0.2) is 0 Å². The predicted octanol–water partition coefficient (Wildman–Crippen LogP) is 4.13. The fraction of sp³-hybridized carbons (Fsp3) is 0.435. The van der Waals surface area contributed by atoms with Gasteiger partial charge in [0.1, 0.15) is 0 Å². The Bertz CT molecular complexity index is 769. The summed E-state index contributed by atoms with van der Waals surface area (Å²) in [5.74, 6) is -0.0203. The zero-order chi connectivity index (χ0) is 20.6. The standard InChI is InChI=1S/C23H29ClN2O3/c1-17(18-9-11-20(24)12-10-18)29-16-22(27)15-26-13-5-6-19(14-26)23(28)25-21-7-3-2-4-8-21/h2-4,7-12,17,19,22,27H,5-6,13-16H2,1H3,(H,25,28)/t17-,19+,22-/m0/s1. The number of carbonyl (C=O) groups excluding carboxylic acids is 1. The van der Waals surface area contributed by atoms with Gasteiger partial charge in [0, 0.05) is 23.8 Å². The van der Waals surface area contributed by atoms with E-state index in [2.05, 4.69) is 10.2 Å². The van der Waals surface area contributed by atoms with Crippen molar-refractivity contribution in [1.82, 2.24) is 4.90 Å². The zero-order valence-corrected chi connectivity index (χ0v) is 17.5. The molecular formula is C23H29ClN2O3. The highest BCUT2D eigenvalue weighted by molar-refractivity contribution is 6.30. The van der Waals surface area contributed by atoms with Crippen molar-refractivity contribution in [2.24, 2.45) is 5.92 Å². The summed E-state index contributed by atoms with van der Waals surface area (Å²) in [7, 11) is 0. The summed E-state index contributed by atoms with van der Waals surface area (Å²) >= 11 is 5.92. The van der Waals surface area contributed by atoms with Crippen LogP contribution < -0.4 is 5.32 Å². The normalized spacial score (nSPS) is 19.5. The lowest BCUT2D eigenvalue weighted by Crippen LogP contribution is -2.44. The second-order valence-corrected chi connectivity index (χ2v) is 8.07. The summed E-state index contributed by atoms with van der Waals surface area (Å²) in [6.07, 6.45) is 1.10. The van der Waals surface area contributed by atoms with Gasteiger partial charge in [-0.05, 0) is 56.1 Å². The smallest absolute Gasteiger partial charge is 0.228 e. The van der Waals surface area contributed by atoms with Gasteiger partial charge in [0.25, 0.3) is 0 Å². The molecule has 5 nitrogen and oxygen atoms in total. The molecule has 2 aromatic rings. The largest absolute Gasteiger partial charge is 0.389 e. The van der Waals surface area contributed by atoms with E-state index in [0.29, 0.717) is 18.1 Å². The SMILES string of the molecule is C[C@H](OC[C@@H](O)CN1CCC[C@@H](C(=O)Nc2ccccc2)C1)c1ccc(Cl)cc1. The monoisotopic (exact) mass is 416 g/mol. The van der Waals surface area contributed by atoms with Crippen LogP contribution in [0.1, 0.15) is 31.4 Å². The number of para-hydroxylation sites is 1. The van der Waals surface area contributed by atoms with Crippen molar-refractivity contribution < 1.29 is 14.6 Å². The Hall–Kier alpha value is -1.92. The Balaban J connectivity index is 1.43. The maximum absolute atomic E-state index is 12.6. The summed E-state index contributed by atoms with van der Waals surface area (Å²) < 4.78 is 5.83. The van der Waals surface area contributed by atoms with E-state index in [1.54, 1.807) is 0 Å². The number of β-amino-alcohol motifs (C(OH)–C–C–N with tert-alkyl or cyclic N) is 1. The van der Waals surface area contributed by atoms with E-state index >= 15 is 0 Å². The quantitative estimate of drug-likeness (QED) is 0.679. The number of anilines is 1. The second kappa shape index (κ2) is 10.7. The van der Waals surface area contributed by atoms with Gasteiger partial charge in [0.05, 0.1) is 24.7 Å². The molecule has 1 heterocycles. The number of hydrogen-bond donors (Lipinski definition) is 2. The molecule has 2 aromatic carbocycles. The Kier molecular flexibility index (Phi) is 8.07. The summed E-state index contributed by atoms with van der Waals surface area (Å²) in [5.41, 5.74) is 1.84. The lowest BCUT2D eigenvalue weighted by molar-refractivity contribution is -0.121. The number of nitrogens with zero attached hydrogens (tertiary/aromatic N) is 1. The Morgan fingerprint density at radius 2 is 1.97 bits per heavy atom. The topological polar surface area (TPSA) is 61.8 Å². The zero-order valence-electron chi connectivity index (χ0n) is 16.8. The van der Waals surface area contributed by atoms with Gasteiger partial charge in [-0.3, -0.25) is 9.69 Å². The molecule has 156 valence electrons. The molecule has 29 heavy (non-hydrogen) atoms. The van der Waals surface area contributed by atoms with Crippen LogP contribution in [-0.4, -0.2) is 48.3 Å². The summed E-state index contributed by atoms with van der Waals surface area (Å²) in [5, 5.41) is 14.1. The number of amides is 1. The predicted molar refractivity (Wildman–Crippen MR) is 116 cm³/mol. The molecule has 0 aromatic heterocycles. The molecule has 0 spiro atoms. The van der Waals surface area contributed by atoms with E-state index < -0.39 is 6.10 Å².